The number of carboxylic acid groups (broad SMARTS) is 1. The molecular weight excluding hydrogens is 236 g/mol. The molecule has 1 fully saturated rings. The molecule has 6 heteroatoms. The zero-order valence-corrected chi connectivity index (χ0v) is 9.92. The Balaban J connectivity index is 2.13. The number of aromatic nitrogens is 1. The van der Waals surface area contributed by atoms with E-state index in [1.54, 1.807) is 0 Å². The lowest BCUT2D eigenvalue weighted by atomic mass is 10.1. The molecule has 0 aliphatic heterocycles. The van der Waals surface area contributed by atoms with Crippen molar-refractivity contribution >= 4 is 11.9 Å². The minimum absolute atomic E-state index is 0.0268. The number of aliphatic carboxylic acids is 1. The van der Waals surface area contributed by atoms with Gasteiger partial charge in [-0.1, -0.05) is 0 Å². The number of pyridine rings is 1. The van der Waals surface area contributed by atoms with Gasteiger partial charge in [0.1, 0.15) is 6.04 Å². The number of hydrogen-bond acceptors (Lipinski definition) is 3. The smallest absolute Gasteiger partial charge is 0.326 e. The monoisotopic (exact) mass is 250 g/mol. The van der Waals surface area contributed by atoms with Gasteiger partial charge in [-0.15, -0.1) is 0 Å². The predicted molar refractivity (Wildman–Crippen MR) is 63.3 cm³/mol. The van der Waals surface area contributed by atoms with E-state index in [9.17, 15) is 14.4 Å². The van der Waals surface area contributed by atoms with Crippen LogP contribution >= 0.6 is 0 Å². The normalized spacial score (nSPS) is 16.1. The van der Waals surface area contributed by atoms with Crippen LogP contribution in [0.2, 0.25) is 0 Å². The van der Waals surface area contributed by atoms with Crippen LogP contribution in [0.25, 0.3) is 0 Å². The maximum atomic E-state index is 11.9. The Morgan fingerprint density at radius 2 is 2.11 bits per heavy atom. The fourth-order valence-corrected chi connectivity index (χ4v) is 1.76. The topological polar surface area (TPSA) is 88.4 Å². The van der Waals surface area contributed by atoms with Crippen molar-refractivity contribution in [3.05, 3.63) is 34.2 Å². The Bertz CT molecular complexity index is 545. The van der Waals surface area contributed by atoms with Crippen molar-refractivity contribution in [3.63, 3.8) is 0 Å². The average Bonchev–Trinajstić information content (AvgIpc) is 3.13. The van der Waals surface area contributed by atoms with Gasteiger partial charge in [-0.2, -0.15) is 0 Å². The summed E-state index contributed by atoms with van der Waals surface area (Å²) in [6.45, 7) is 0. The number of carbonyl (C=O) groups is 2. The van der Waals surface area contributed by atoms with Crippen LogP contribution in [0.3, 0.4) is 0 Å². The van der Waals surface area contributed by atoms with E-state index in [1.807, 2.05) is 0 Å². The van der Waals surface area contributed by atoms with Gasteiger partial charge >= 0.3 is 5.97 Å². The molecule has 1 aromatic heterocycles. The summed E-state index contributed by atoms with van der Waals surface area (Å²) >= 11 is 0. The van der Waals surface area contributed by atoms with Gasteiger partial charge < -0.3 is 15.0 Å². The van der Waals surface area contributed by atoms with Crippen LogP contribution in [0.4, 0.5) is 0 Å². The summed E-state index contributed by atoms with van der Waals surface area (Å²) in [5, 5.41) is 11.5. The standard InChI is InChI=1S/C12H14N2O4/c1-14-6-8(4-5-9(14)15)11(16)13-10(12(17)18)7-2-3-7/h4-7,10H,2-3H2,1H3,(H,13,16)(H,17,18). The molecule has 1 atom stereocenters. The van der Waals surface area contributed by atoms with Crippen LogP contribution < -0.4 is 10.9 Å². The molecule has 1 saturated carbocycles. The van der Waals surface area contributed by atoms with Crippen LogP contribution in [-0.4, -0.2) is 27.6 Å². The van der Waals surface area contributed by atoms with Gasteiger partial charge in [-0.25, -0.2) is 4.79 Å². The van der Waals surface area contributed by atoms with Crippen molar-refractivity contribution in [3.8, 4) is 0 Å². The van der Waals surface area contributed by atoms with E-state index in [-0.39, 0.29) is 17.0 Å². The fraction of sp³-hybridized carbons (Fsp3) is 0.417. The molecule has 0 aromatic carbocycles. The first-order valence-corrected chi connectivity index (χ1v) is 5.69. The highest BCUT2D eigenvalue weighted by Crippen LogP contribution is 2.32. The quantitative estimate of drug-likeness (QED) is 0.786. The minimum atomic E-state index is -1.02. The Kier molecular flexibility index (Phi) is 3.18. The van der Waals surface area contributed by atoms with E-state index in [0.717, 1.165) is 12.8 Å². The summed E-state index contributed by atoms with van der Waals surface area (Å²) in [7, 11) is 1.54. The zero-order chi connectivity index (χ0) is 13.3. The van der Waals surface area contributed by atoms with Gasteiger partial charge in [-0.05, 0) is 24.8 Å². The van der Waals surface area contributed by atoms with Crippen molar-refractivity contribution in [1.82, 2.24) is 9.88 Å². The van der Waals surface area contributed by atoms with Crippen LogP contribution in [0, 0.1) is 5.92 Å². The molecule has 6 nitrogen and oxygen atoms in total. The van der Waals surface area contributed by atoms with E-state index in [4.69, 9.17) is 5.11 Å². The number of rotatable bonds is 4. The molecule has 0 radical (unpaired) electrons. The van der Waals surface area contributed by atoms with Gasteiger partial charge in [0.25, 0.3) is 5.91 Å². The molecule has 18 heavy (non-hydrogen) atoms. The van der Waals surface area contributed by atoms with Crippen molar-refractivity contribution < 1.29 is 14.7 Å². The molecule has 1 unspecified atom stereocenters. The number of amides is 1. The highest BCUT2D eigenvalue weighted by molar-refractivity contribution is 5.96. The second-order valence-electron chi connectivity index (χ2n) is 4.49. The summed E-state index contributed by atoms with van der Waals surface area (Å²) in [5.74, 6) is -1.46. The second kappa shape index (κ2) is 4.64. The highest BCUT2D eigenvalue weighted by atomic mass is 16.4. The van der Waals surface area contributed by atoms with E-state index in [1.165, 1.54) is 29.9 Å². The number of carboxylic acids is 1. The zero-order valence-electron chi connectivity index (χ0n) is 9.92. The lowest BCUT2D eigenvalue weighted by Gasteiger charge is -2.13. The number of aryl methyl sites for hydroxylation is 1. The molecule has 96 valence electrons. The van der Waals surface area contributed by atoms with Crippen LogP contribution in [-0.2, 0) is 11.8 Å². The van der Waals surface area contributed by atoms with Gasteiger partial charge in [0.2, 0.25) is 5.56 Å². The maximum absolute atomic E-state index is 11.9. The van der Waals surface area contributed by atoms with Crippen molar-refractivity contribution in [2.75, 3.05) is 0 Å². The summed E-state index contributed by atoms with van der Waals surface area (Å²) < 4.78 is 1.28. The minimum Gasteiger partial charge on any atom is -0.480 e. The number of carbonyl (C=O) groups excluding carboxylic acids is 1. The largest absolute Gasteiger partial charge is 0.480 e. The van der Waals surface area contributed by atoms with Crippen LogP contribution in [0.15, 0.2) is 23.1 Å². The third-order valence-corrected chi connectivity index (χ3v) is 2.99. The summed E-state index contributed by atoms with van der Waals surface area (Å²) in [6, 6.07) is 1.83. The van der Waals surface area contributed by atoms with Gasteiger partial charge in [0.15, 0.2) is 0 Å². The van der Waals surface area contributed by atoms with Crippen LogP contribution in [0.5, 0.6) is 0 Å². The molecule has 1 aliphatic rings. The number of nitrogens with one attached hydrogen (secondary N) is 1. The third-order valence-electron chi connectivity index (χ3n) is 2.99. The van der Waals surface area contributed by atoms with E-state index in [2.05, 4.69) is 5.32 Å². The molecule has 2 N–H and O–H groups in total. The summed E-state index contributed by atoms with van der Waals surface area (Å²) in [4.78, 5) is 34.0. The molecule has 0 spiro atoms. The van der Waals surface area contributed by atoms with E-state index >= 15 is 0 Å². The average molecular weight is 250 g/mol. The molecule has 1 aliphatic carbocycles. The SMILES string of the molecule is Cn1cc(C(=O)NC(C(=O)O)C2CC2)ccc1=O. The van der Waals surface area contributed by atoms with Gasteiger partial charge in [-0.3, -0.25) is 9.59 Å². The first-order valence-electron chi connectivity index (χ1n) is 5.69. The molecular formula is C12H14N2O4. The second-order valence-corrected chi connectivity index (χ2v) is 4.49. The number of hydrogen-bond donors (Lipinski definition) is 2. The Labute approximate surface area is 103 Å². The molecule has 0 saturated heterocycles. The van der Waals surface area contributed by atoms with E-state index in [0.29, 0.717) is 0 Å². The Hall–Kier alpha value is -2.11. The molecule has 1 heterocycles. The predicted octanol–water partition coefficient (Wildman–Crippen LogP) is -0.0217. The third kappa shape index (κ3) is 2.58. The fourth-order valence-electron chi connectivity index (χ4n) is 1.76. The van der Waals surface area contributed by atoms with Crippen LogP contribution in [0.1, 0.15) is 23.2 Å². The summed E-state index contributed by atoms with van der Waals surface area (Å²) in [6.07, 6.45) is 3.04. The lowest BCUT2D eigenvalue weighted by molar-refractivity contribution is -0.139. The summed E-state index contributed by atoms with van der Waals surface area (Å²) in [5.41, 5.74) is 0.0625. The Morgan fingerprint density at radius 3 is 2.61 bits per heavy atom. The van der Waals surface area contributed by atoms with Gasteiger partial charge in [0.05, 0.1) is 5.56 Å². The molecule has 1 amide bonds. The molecule has 2 rings (SSSR count). The Morgan fingerprint density at radius 1 is 1.44 bits per heavy atom. The van der Waals surface area contributed by atoms with Crippen molar-refractivity contribution in [2.24, 2.45) is 13.0 Å². The highest BCUT2D eigenvalue weighted by Gasteiger charge is 2.37. The number of nitrogens with zero attached hydrogens (tertiary/aromatic N) is 1. The van der Waals surface area contributed by atoms with Crippen molar-refractivity contribution in [2.45, 2.75) is 18.9 Å². The maximum Gasteiger partial charge on any atom is 0.326 e. The molecule has 0 bridgehead atoms. The van der Waals surface area contributed by atoms with E-state index < -0.39 is 17.9 Å². The first-order chi connectivity index (χ1) is 8.49. The lowest BCUT2D eigenvalue weighted by Crippen LogP contribution is -2.42. The van der Waals surface area contributed by atoms with Gasteiger partial charge in [0, 0.05) is 19.3 Å². The first kappa shape index (κ1) is 12.3. The van der Waals surface area contributed by atoms with Crippen molar-refractivity contribution in [1.29, 1.82) is 0 Å². The molecule has 1 aromatic rings.